The predicted molar refractivity (Wildman–Crippen MR) is 66.8 cm³/mol. The number of nitrogens with zero attached hydrogens (tertiary/aromatic N) is 1. The van der Waals surface area contributed by atoms with Crippen molar-refractivity contribution in [1.29, 1.82) is 0 Å². The molecule has 0 saturated carbocycles. The smallest absolute Gasteiger partial charge is 0.137 e. The van der Waals surface area contributed by atoms with Gasteiger partial charge in [-0.05, 0) is 33.6 Å². The molecule has 0 aliphatic heterocycles. The van der Waals surface area contributed by atoms with Crippen LogP contribution in [0.25, 0.3) is 0 Å². The van der Waals surface area contributed by atoms with Gasteiger partial charge >= 0.3 is 0 Å². The summed E-state index contributed by atoms with van der Waals surface area (Å²) in [6, 6.07) is 5.02. The van der Waals surface area contributed by atoms with E-state index >= 15 is 0 Å². The van der Waals surface area contributed by atoms with Gasteiger partial charge in [0.15, 0.2) is 0 Å². The molecule has 0 spiro atoms. The fraction of sp³-hybridized carbons (Fsp3) is 0.182. The third kappa shape index (κ3) is 3.10. The molecule has 0 amide bonds. The first-order chi connectivity index (χ1) is 7.75. The Morgan fingerprint density at radius 1 is 1.38 bits per heavy atom. The molecule has 2 nitrogen and oxygen atoms in total. The van der Waals surface area contributed by atoms with E-state index < -0.39 is 0 Å². The molecule has 0 saturated heterocycles. The number of halogens is 2. The van der Waals surface area contributed by atoms with Crippen LogP contribution >= 0.6 is 27.3 Å². The highest BCUT2D eigenvalue weighted by molar-refractivity contribution is 9.10. The molecule has 1 aromatic heterocycles. The monoisotopic (exact) mass is 300 g/mol. The number of thiazole rings is 1. The van der Waals surface area contributed by atoms with Crippen molar-refractivity contribution in [3.05, 3.63) is 50.6 Å². The molecule has 1 aromatic carbocycles. The maximum absolute atomic E-state index is 13.0. The molecular weight excluding hydrogens is 291 g/mol. The number of hydrogen-bond acceptors (Lipinski definition) is 3. The van der Waals surface area contributed by atoms with E-state index in [1.165, 1.54) is 6.07 Å². The van der Waals surface area contributed by atoms with Gasteiger partial charge in [-0.25, -0.2) is 9.37 Å². The molecule has 84 valence electrons. The van der Waals surface area contributed by atoms with Crippen molar-refractivity contribution in [3.63, 3.8) is 0 Å². The van der Waals surface area contributed by atoms with Crippen molar-refractivity contribution in [2.75, 3.05) is 0 Å². The third-order valence-corrected chi connectivity index (χ3v) is 3.35. The topological polar surface area (TPSA) is 24.9 Å². The Labute approximate surface area is 106 Å². The summed E-state index contributed by atoms with van der Waals surface area (Å²) >= 11 is 4.75. The standard InChI is InChI=1S/C11H10BrFN2S/c12-10-3-8(1-2-11(10)13)4-14-5-9-6-16-7-15-9/h1-3,6-7,14H,4-5H2. The van der Waals surface area contributed by atoms with Gasteiger partial charge in [0, 0.05) is 18.5 Å². The van der Waals surface area contributed by atoms with Crippen LogP contribution in [0.15, 0.2) is 33.6 Å². The zero-order valence-corrected chi connectivity index (χ0v) is 10.8. The first kappa shape index (κ1) is 11.7. The lowest BCUT2D eigenvalue weighted by Gasteiger charge is -2.04. The van der Waals surface area contributed by atoms with Gasteiger partial charge in [0.25, 0.3) is 0 Å². The normalized spacial score (nSPS) is 10.6. The Balaban J connectivity index is 1.87. The van der Waals surface area contributed by atoms with Crippen LogP contribution in [0.1, 0.15) is 11.3 Å². The second-order valence-corrected chi connectivity index (χ2v) is 4.90. The van der Waals surface area contributed by atoms with E-state index in [0.29, 0.717) is 11.0 Å². The molecule has 1 heterocycles. The first-order valence-electron chi connectivity index (χ1n) is 4.77. The summed E-state index contributed by atoms with van der Waals surface area (Å²) in [5.74, 6) is -0.233. The van der Waals surface area contributed by atoms with Gasteiger partial charge in [0.1, 0.15) is 5.82 Å². The van der Waals surface area contributed by atoms with Crippen LogP contribution in [0, 0.1) is 5.82 Å². The summed E-state index contributed by atoms with van der Waals surface area (Å²) in [5, 5.41) is 5.26. The highest BCUT2D eigenvalue weighted by Gasteiger charge is 2.00. The Bertz CT molecular complexity index is 459. The molecule has 16 heavy (non-hydrogen) atoms. The van der Waals surface area contributed by atoms with E-state index in [1.807, 2.05) is 10.9 Å². The van der Waals surface area contributed by atoms with Crippen LogP contribution < -0.4 is 5.32 Å². The summed E-state index contributed by atoms with van der Waals surface area (Å²) in [6.07, 6.45) is 0. The highest BCUT2D eigenvalue weighted by atomic mass is 79.9. The van der Waals surface area contributed by atoms with Crippen LogP contribution in [0.3, 0.4) is 0 Å². The highest BCUT2D eigenvalue weighted by Crippen LogP contribution is 2.16. The van der Waals surface area contributed by atoms with E-state index in [4.69, 9.17) is 0 Å². The lowest BCUT2D eigenvalue weighted by molar-refractivity contribution is 0.617. The molecule has 0 unspecified atom stereocenters. The summed E-state index contributed by atoms with van der Waals surface area (Å²) in [6.45, 7) is 1.44. The first-order valence-corrected chi connectivity index (χ1v) is 6.51. The van der Waals surface area contributed by atoms with Gasteiger partial charge in [0.05, 0.1) is 15.7 Å². The molecule has 0 fully saturated rings. The van der Waals surface area contributed by atoms with E-state index in [0.717, 1.165) is 17.8 Å². The van der Waals surface area contributed by atoms with Crippen molar-refractivity contribution in [2.24, 2.45) is 0 Å². The van der Waals surface area contributed by atoms with E-state index in [2.05, 4.69) is 26.2 Å². The Morgan fingerprint density at radius 2 is 2.25 bits per heavy atom. The van der Waals surface area contributed by atoms with Crippen molar-refractivity contribution >= 4 is 27.3 Å². The van der Waals surface area contributed by atoms with Gasteiger partial charge in [-0.1, -0.05) is 6.07 Å². The van der Waals surface area contributed by atoms with Crippen molar-refractivity contribution in [1.82, 2.24) is 10.3 Å². The largest absolute Gasteiger partial charge is 0.307 e. The van der Waals surface area contributed by atoms with Gasteiger partial charge in [0.2, 0.25) is 0 Å². The van der Waals surface area contributed by atoms with Crippen molar-refractivity contribution in [3.8, 4) is 0 Å². The Morgan fingerprint density at radius 3 is 2.94 bits per heavy atom. The molecule has 1 N–H and O–H groups in total. The quantitative estimate of drug-likeness (QED) is 0.937. The molecular formula is C11H10BrFN2S. The number of rotatable bonds is 4. The number of nitrogens with one attached hydrogen (secondary N) is 1. The molecule has 2 rings (SSSR count). The van der Waals surface area contributed by atoms with Crippen LogP contribution in [-0.2, 0) is 13.1 Å². The minimum Gasteiger partial charge on any atom is -0.307 e. The van der Waals surface area contributed by atoms with Crippen LogP contribution in [0.2, 0.25) is 0 Å². The summed E-state index contributed by atoms with van der Waals surface area (Å²) < 4.78 is 13.5. The lowest BCUT2D eigenvalue weighted by atomic mass is 10.2. The fourth-order valence-electron chi connectivity index (χ4n) is 1.31. The predicted octanol–water partition coefficient (Wildman–Crippen LogP) is 3.33. The van der Waals surface area contributed by atoms with Crippen LogP contribution in [-0.4, -0.2) is 4.98 Å². The molecule has 0 aliphatic carbocycles. The zero-order valence-electron chi connectivity index (χ0n) is 8.41. The molecule has 0 atom stereocenters. The van der Waals surface area contributed by atoms with E-state index in [-0.39, 0.29) is 5.82 Å². The second-order valence-electron chi connectivity index (χ2n) is 3.33. The van der Waals surface area contributed by atoms with Crippen LogP contribution in [0.5, 0.6) is 0 Å². The van der Waals surface area contributed by atoms with Crippen molar-refractivity contribution < 1.29 is 4.39 Å². The van der Waals surface area contributed by atoms with Gasteiger partial charge in [-0.3, -0.25) is 0 Å². The fourth-order valence-corrected chi connectivity index (χ4v) is 2.29. The third-order valence-electron chi connectivity index (χ3n) is 2.10. The average Bonchev–Trinajstić information content (AvgIpc) is 2.76. The minimum atomic E-state index is -0.233. The van der Waals surface area contributed by atoms with E-state index in [9.17, 15) is 4.39 Å². The van der Waals surface area contributed by atoms with Gasteiger partial charge in [-0.2, -0.15) is 0 Å². The molecule has 0 bridgehead atoms. The summed E-state index contributed by atoms with van der Waals surface area (Å²) in [5.41, 5.74) is 3.89. The van der Waals surface area contributed by atoms with Gasteiger partial charge < -0.3 is 5.32 Å². The molecule has 5 heteroatoms. The second kappa shape index (κ2) is 5.52. The lowest BCUT2D eigenvalue weighted by Crippen LogP contribution is -2.12. The molecule has 2 aromatic rings. The zero-order chi connectivity index (χ0) is 11.4. The minimum absolute atomic E-state index is 0.233. The van der Waals surface area contributed by atoms with Crippen LogP contribution in [0.4, 0.5) is 4.39 Å². The SMILES string of the molecule is Fc1ccc(CNCc2cscn2)cc1Br. The van der Waals surface area contributed by atoms with Gasteiger partial charge in [-0.15, -0.1) is 11.3 Å². The van der Waals surface area contributed by atoms with E-state index in [1.54, 1.807) is 23.5 Å². The maximum Gasteiger partial charge on any atom is 0.137 e. The number of hydrogen-bond donors (Lipinski definition) is 1. The summed E-state index contributed by atoms with van der Waals surface area (Å²) in [4.78, 5) is 4.17. The Kier molecular flexibility index (Phi) is 4.04. The Hall–Kier alpha value is -0.780. The summed E-state index contributed by atoms with van der Waals surface area (Å²) in [7, 11) is 0. The average molecular weight is 301 g/mol. The number of benzene rings is 1. The van der Waals surface area contributed by atoms with Crippen molar-refractivity contribution in [2.45, 2.75) is 13.1 Å². The number of aromatic nitrogens is 1. The maximum atomic E-state index is 13.0. The molecule has 0 radical (unpaired) electrons. The molecule has 0 aliphatic rings.